The maximum Gasteiger partial charge on any atom is 0.223 e. The van der Waals surface area contributed by atoms with Crippen molar-refractivity contribution < 1.29 is 9.90 Å². The summed E-state index contributed by atoms with van der Waals surface area (Å²) in [7, 11) is 0. The van der Waals surface area contributed by atoms with Crippen LogP contribution in [0, 0.1) is 5.92 Å². The molecule has 18 heavy (non-hydrogen) atoms. The van der Waals surface area contributed by atoms with Crippen LogP contribution in [0.2, 0.25) is 0 Å². The van der Waals surface area contributed by atoms with Gasteiger partial charge in [-0.3, -0.25) is 4.79 Å². The summed E-state index contributed by atoms with van der Waals surface area (Å²) in [5.41, 5.74) is 0.974. The Labute approximate surface area is 115 Å². The average Bonchev–Trinajstić information content (AvgIpc) is 2.41. The smallest absolute Gasteiger partial charge is 0.223 e. The Morgan fingerprint density at radius 2 is 2.17 bits per heavy atom. The summed E-state index contributed by atoms with van der Waals surface area (Å²) < 4.78 is 0.649. The molecule has 0 saturated carbocycles. The molecule has 0 atom stereocenters. The summed E-state index contributed by atoms with van der Waals surface area (Å²) in [5.74, 6) is 0.468. The van der Waals surface area contributed by atoms with Gasteiger partial charge in [0.1, 0.15) is 5.75 Å². The number of rotatable bonds is 3. The molecule has 1 aliphatic heterocycles. The van der Waals surface area contributed by atoms with Crippen molar-refractivity contribution in [3.63, 3.8) is 0 Å². The Morgan fingerprint density at radius 1 is 1.44 bits per heavy atom. The summed E-state index contributed by atoms with van der Waals surface area (Å²) in [6, 6.07) is 5.25. The zero-order chi connectivity index (χ0) is 13.0. The van der Waals surface area contributed by atoms with Crippen LogP contribution < -0.4 is 10.6 Å². The second-order valence-corrected chi connectivity index (χ2v) is 5.38. The van der Waals surface area contributed by atoms with E-state index in [2.05, 4.69) is 26.6 Å². The summed E-state index contributed by atoms with van der Waals surface area (Å²) in [6.45, 7) is 2.34. The van der Waals surface area contributed by atoms with Gasteiger partial charge in [-0.1, -0.05) is 6.07 Å². The molecule has 0 radical (unpaired) electrons. The second-order valence-electron chi connectivity index (χ2n) is 4.53. The normalized spacial score (nSPS) is 16.5. The first kappa shape index (κ1) is 13.4. The van der Waals surface area contributed by atoms with E-state index >= 15 is 0 Å². The zero-order valence-corrected chi connectivity index (χ0v) is 11.7. The van der Waals surface area contributed by atoms with Crippen molar-refractivity contribution in [1.82, 2.24) is 10.6 Å². The van der Waals surface area contributed by atoms with Crippen molar-refractivity contribution in [2.75, 3.05) is 13.1 Å². The van der Waals surface area contributed by atoms with Crippen molar-refractivity contribution >= 4 is 21.8 Å². The lowest BCUT2D eigenvalue weighted by Crippen LogP contribution is -2.37. The number of benzene rings is 1. The number of carbonyl (C=O) groups is 1. The lowest BCUT2D eigenvalue weighted by molar-refractivity contribution is -0.125. The van der Waals surface area contributed by atoms with Crippen molar-refractivity contribution in [2.45, 2.75) is 19.4 Å². The number of piperidine rings is 1. The molecule has 1 amide bonds. The van der Waals surface area contributed by atoms with E-state index in [1.54, 1.807) is 6.07 Å². The van der Waals surface area contributed by atoms with E-state index in [0.29, 0.717) is 11.0 Å². The summed E-state index contributed by atoms with van der Waals surface area (Å²) in [5, 5.41) is 15.6. The number of aromatic hydroxyl groups is 1. The number of phenolic OH excluding ortho intramolecular Hbond substituents is 1. The zero-order valence-electron chi connectivity index (χ0n) is 10.1. The maximum absolute atomic E-state index is 11.9. The van der Waals surface area contributed by atoms with Crippen LogP contribution in [0.5, 0.6) is 5.75 Å². The maximum atomic E-state index is 11.9. The fraction of sp³-hybridized carbons (Fsp3) is 0.462. The van der Waals surface area contributed by atoms with Gasteiger partial charge < -0.3 is 15.7 Å². The molecule has 1 aromatic rings. The van der Waals surface area contributed by atoms with E-state index in [1.165, 1.54) is 0 Å². The lowest BCUT2D eigenvalue weighted by atomic mass is 9.97. The quantitative estimate of drug-likeness (QED) is 0.797. The molecular weight excluding hydrogens is 296 g/mol. The van der Waals surface area contributed by atoms with Crippen LogP contribution in [-0.4, -0.2) is 24.1 Å². The van der Waals surface area contributed by atoms with Crippen molar-refractivity contribution in [3.05, 3.63) is 28.2 Å². The highest BCUT2D eigenvalue weighted by Crippen LogP contribution is 2.24. The fourth-order valence-corrected chi connectivity index (χ4v) is 2.50. The molecule has 0 unspecified atom stereocenters. The van der Waals surface area contributed by atoms with Gasteiger partial charge in [-0.25, -0.2) is 0 Å². The Kier molecular flexibility index (Phi) is 4.60. The van der Waals surface area contributed by atoms with E-state index in [-0.39, 0.29) is 17.6 Å². The van der Waals surface area contributed by atoms with Crippen LogP contribution in [0.15, 0.2) is 22.7 Å². The molecule has 0 bridgehead atoms. The minimum Gasteiger partial charge on any atom is -0.507 e. The van der Waals surface area contributed by atoms with Gasteiger partial charge in [0.15, 0.2) is 0 Å². The van der Waals surface area contributed by atoms with E-state index in [0.717, 1.165) is 31.5 Å². The Morgan fingerprint density at radius 3 is 2.83 bits per heavy atom. The first-order chi connectivity index (χ1) is 8.66. The highest BCUT2D eigenvalue weighted by molar-refractivity contribution is 9.10. The van der Waals surface area contributed by atoms with Gasteiger partial charge in [0.05, 0.1) is 4.47 Å². The third-order valence-corrected chi connectivity index (χ3v) is 3.82. The third-order valence-electron chi connectivity index (χ3n) is 3.19. The first-order valence-electron chi connectivity index (χ1n) is 6.12. The molecule has 1 heterocycles. The predicted octanol–water partition coefficient (Wildman–Crippen LogP) is 1.77. The molecule has 1 saturated heterocycles. The molecule has 4 nitrogen and oxygen atoms in total. The van der Waals surface area contributed by atoms with Crippen molar-refractivity contribution in [2.24, 2.45) is 5.92 Å². The number of nitrogens with one attached hydrogen (secondary N) is 2. The van der Waals surface area contributed by atoms with Crippen LogP contribution in [0.3, 0.4) is 0 Å². The molecular formula is C13H17BrN2O2. The number of amides is 1. The van der Waals surface area contributed by atoms with E-state index in [1.807, 2.05) is 12.1 Å². The van der Waals surface area contributed by atoms with E-state index in [9.17, 15) is 9.90 Å². The van der Waals surface area contributed by atoms with Gasteiger partial charge in [0.25, 0.3) is 0 Å². The third kappa shape index (κ3) is 3.46. The van der Waals surface area contributed by atoms with Gasteiger partial charge in [-0.15, -0.1) is 0 Å². The number of halogens is 1. The summed E-state index contributed by atoms with van der Waals surface area (Å²) in [6.07, 6.45) is 1.82. The van der Waals surface area contributed by atoms with Crippen LogP contribution >= 0.6 is 15.9 Å². The standard InChI is InChI=1S/C13H17BrN2O2/c14-11-7-9(1-2-12(11)17)8-16-13(18)10-3-5-15-6-4-10/h1-2,7,10,15,17H,3-6,8H2,(H,16,18). The van der Waals surface area contributed by atoms with Crippen LogP contribution in [0.4, 0.5) is 0 Å². The highest BCUT2D eigenvalue weighted by Gasteiger charge is 2.20. The van der Waals surface area contributed by atoms with Gasteiger partial charge in [0, 0.05) is 12.5 Å². The number of hydrogen-bond donors (Lipinski definition) is 3. The average molecular weight is 313 g/mol. The van der Waals surface area contributed by atoms with Gasteiger partial charge in [0.2, 0.25) is 5.91 Å². The predicted molar refractivity (Wildman–Crippen MR) is 73.2 cm³/mol. The molecule has 0 spiro atoms. The Balaban J connectivity index is 1.86. The van der Waals surface area contributed by atoms with Crippen LogP contribution in [0.1, 0.15) is 18.4 Å². The molecule has 0 aromatic heterocycles. The number of hydrogen-bond acceptors (Lipinski definition) is 3. The molecule has 1 aliphatic rings. The minimum absolute atomic E-state index is 0.126. The highest BCUT2D eigenvalue weighted by atomic mass is 79.9. The van der Waals surface area contributed by atoms with Crippen LogP contribution in [0.25, 0.3) is 0 Å². The molecule has 3 N–H and O–H groups in total. The fourth-order valence-electron chi connectivity index (χ4n) is 2.08. The van der Waals surface area contributed by atoms with Crippen LogP contribution in [-0.2, 0) is 11.3 Å². The van der Waals surface area contributed by atoms with Gasteiger partial charge in [-0.05, 0) is 59.6 Å². The first-order valence-corrected chi connectivity index (χ1v) is 6.92. The number of carbonyl (C=O) groups excluding carboxylic acids is 1. The summed E-state index contributed by atoms with van der Waals surface area (Å²) >= 11 is 3.26. The topological polar surface area (TPSA) is 61.4 Å². The molecule has 1 aromatic carbocycles. The van der Waals surface area contributed by atoms with E-state index < -0.39 is 0 Å². The largest absolute Gasteiger partial charge is 0.507 e. The second kappa shape index (κ2) is 6.20. The van der Waals surface area contributed by atoms with Crippen molar-refractivity contribution in [3.8, 4) is 5.75 Å². The van der Waals surface area contributed by atoms with Crippen molar-refractivity contribution in [1.29, 1.82) is 0 Å². The van der Waals surface area contributed by atoms with Gasteiger partial charge in [-0.2, -0.15) is 0 Å². The number of phenols is 1. The molecule has 2 rings (SSSR count). The Bertz CT molecular complexity index is 431. The molecule has 5 heteroatoms. The summed E-state index contributed by atoms with van der Waals surface area (Å²) in [4.78, 5) is 11.9. The van der Waals surface area contributed by atoms with E-state index in [4.69, 9.17) is 0 Å². The molecule has 0 aliphatic carbocycles. The Hall–Kier alpha value is -1.07. The van der Waals surface area contributed by atoms with Gasteiger partial charge >= 0.3 is 0 Å². The SMILES string of the molecule is O=C(NCc1ccc(O)c(Br)c1)C1CCNCC1. The minimum atomic E-state index is 0.126. The molecule has 98 valence electrons. The molecule has 1 fully saturated rings. The monoisotopic (exact) mass is 312 g/mol. The lowest BCUT2D eigenvalue weighted by Gasteiger charge is -2.21.